The lowest BCUT2D eigenvalue weighted by Gasteiger charge is -2.13. The summed E-state index contributed by atoms with van der Waals surface area (Å²) in [6, 6.07) is 15.9. The number of hydrogen-bond donors (Lipinski definition) is 1. The lowest BCUT2D eigenvalue weighted by atomic mass is 10.0. The van der Waals surface area contributed by atoms with E-state index in [1.165, 1.54) is 21.2 Å². The molecule has 0 unspecified atom stereocenters. The highest BCUT2D eigenvalue weighted by Crippen LogP contribution is 2.33. The van der Waals surface area contributed by atoms with E-state index in [9.17, 15) is 18.0 Å². The van der Waals surface area contributed by atoms with Crippen LogP contribution in [-0.2, 0) is 13.2 Å². The zero-order valence-electron chi connectivity index (χ0n) is 14.7. The summed E-state index contributed by atoms with van der Waals surface area (Å²) in [5, 5.41) is 7.34. The molecule has 28 heavy (non-hydrogen) atoms. The molecule has 0 saturated carbocycles. The third-order valence-electron chi connectivity index (χ3n) is 4.40. The number of hydrogen-bond acceptors (Lipinski definition) is 3. The molecule has 0 bridgehead atoms. The molecular weight excluding hydrogens is 369 g/mol. The average Bonchev–Trinajstić information content (AvgIpc) is 2.95. The van der Waals surface area contributed by atoms with Crippen LogP contribution in [0.15, 0.2) is 71.7 Å². The van der Waals surface area contributed by atoms with Gasteiger partial charge >= 0.3 is 11.9 Å². The Morgan fingerprint density at radius 3 is 2.43 bits per heavy atom. The third-order valence-corrected chi connectivity index (χ3v) is 4.40. The maximum absolute atomic E-state index is 12.7. The largest absolute Gasteiger partial charge is 0.416 e. The minimum Gasteiger partial charge on any atom is -0.355 e. The first-order valence-corrected chi connectivity index (χ1v) is 8.42. The monoisotopic (exact) mass is 384 g/mol. The van der Waals surface area contributed by atoms with Crippen LogP contribution in [0.3, 0.4) is 0 Å². The Labute approximate surface area is 157 Å². The predicted molar refractivity (Wildman–Crippen MR) is 101 cm³/mol. The highest BCUT2D eigenvalue weighted by Gasteiger charge is 2.29. The second-order valence-electron chi connectivity index (χ2n) is 6.30. The molecule has 0 aliphatic carbocycles. The van der Waals surface area contributed by atoms with Gasteiger partial charge in [0.05, 0.1) is 5.56 Å². The topological polar surface area (TPSA) is 51.3 Å². The molecular formula is C20H15F3N4O. The van der Waals surface area contributed by atoms with Gasteiger partial charge in [0.15, 0.2) is 5.65 Å². The van der Waals surface area contributed by atoms with E-state index < -0.39 is 11.7 Å². The molecule has 0 atom stereocenters. The van der Waals surface area contributed by atoms with E-state index in [1.807, 2.05) is 24.3 Å². The van der Waals surface area contributed by atoms with Crippen LogP contribution in [0, 0.1) is 0 Å². The summed E-state index contributed by atoms with van der Waals surface area (Å²) in [6.07, 6.45) is -2.72. The first-order chi connectivity index (χ1) is 13.3. The summed E-state index contributed by atoms with van der Waals surface area (Å²) in [5.74, 6) is 0. The van der Waals surface area contributed by atoms with Crippen LogP contribution in [0.25, 0.3) is 16.8 Å². The number of para-hydroxylation sites is 1. The molecule has 0 aliphatic rings. The van der Waals surface area contributed by atoms with Crippen LogP contribution in [0.4, 0.5) is 24.5 Å². The molecule has 0 aliphatic heterocycles. The fraction of sp³-hybridized carbons (Fsp3) is 0.100. The number of fused-ring (bicyclic) bond motifs is 1. The Kier molecular flexibility index (Phi) is 4.18. The molecule has 0 spiro atoms. The summed E-state index contributed by atoms with van der Waals surface area (Å²) in [7, 11) is 1.58. The van der Waals surface area contributed by atoms with Crippen molar-refractivity contribution in [2.24, 2.45) is 7.05 Å². The first kappa shape index (κ1) is 17.8. The van der Waals surface area contributed by atoms with Gasteiger partial charge in [-0.15, -0.1) is 0 Å². The molecule has 0 radical (unpaired) electrons. The normalized spacial score (nSPS) is 11.7. The Morgan fingerprint density at radius 1 is 1.00 bits per heavy atom. The Bertz CT molecular complexity index is 1210. The summed E-state index contributed by atoms with van der Waals surface area (Å²) >= 11 is 0. The number of aryl methyl sites for hydroxylation is 1. The van der Waals surface area contributed by atoms with E-state index in [4.69, 9.17) is 0 Å². The van der Waals surface area contributed by atoms with Crippen molar-refractivity contribution in [3.63, 3.8) is 0 Å². The third kappa shape index (κ3) is 3.24. The van der Waals surface area contributed by atoms with Crippen LogP contribution >= 0.6 is 0 Å². The molecule has 0 saturated heterocycles. The number of rotatable bonds is 3. The molecule has 2 aromatic heterocycles. The van der Waals surface area contributed by atoms with Gasteiger partial charge in [-0.1, -0.05) is 18.2 Å². The van der Waals surface area contributed by atoms with E-state index in [0.717, 1.165) is 28.9 Å². The average molecular weight is 384 g/mol. The van der Waals surface area contributed by atoms with Crippen LogP contribution in [0.2, 0.25) is 0 Å². The standard InChI is InChI=1S/C20H15F3N4O/c1-26-19(28)27-11-10-13(12-18(27)25-26)16-4-2-3-5-17(16)24-15-8-6-14(7-9-15)20(21,22)23/h2-12,24H,1H3. The van der Waals surface area contributed by atoms with Gasteiger partial charge in [-0.2, -0.15) is 18.3 Å². The number of alkyl halides is 3. The molecule has 2 heterocycles. The van der Waals surface area contributed by atoms with Crippen molar-refractivity contribution in [1.82, 2.24) is 14.2 Å². The molecule has 4 aromatic rings. The van der Waals surface area contributed by atoms with Crippen molar-refractivity contribution in [2.45, 2.75) is 6.18 Å². The highest BCUT2D eigenvalue weighted by atomic mass is 19.4. The second-order valence-corrected chi connectivity index (χ2v) is 6.30. The van der Waals surface area contributed by atoms with Crippen molar-refractivity contribution < 1.29 is 13.2 Å². The van der Waals surface area contributed by atoms with E-state index in [0.29, 0.717) is 11.3 Å². The van der Waals surface area contributed by atoms with Gasteiger partial charge in [0.25, 0.3) is 0 Å². The molecule has 1 N–H and O–H groups in total. The summed E-state index contributed by atoms with van der Waals surface area (Å²) in [4.78, 5) is 12.0. The number of anilines is 2. The van der Waals surface area contributed by atoms with Gasteiger partial charge in [-0.05, 0) is 48.0 Å². The van der Waals surface area contributed by atoms with Gasteiger partial charge in [0, 0.05) is 30.2 Å². The van der Waals surface area contributed by atoms with Crippen molar-refractivity contribution in [3.05, 3.63) is 82.9 Å². The zero-order chi connectivity index (χ0) is 19.9. The quantitative estimate of drug-likeness (QED) is 0.567. The SMILES string of the molecule is Cn1nc2cc(-c3ccccc3Nc3ccc(C(F)(F)F)cc3)ccn2c1=O. The summed E-state index contributed by atoms with van der Waals surface area (Å²) in [6.45, 7) is 0. The van der Waals surface area contributed by atoms with Crippen LogP contribution in [0.5, 0.6) is 0 Å². The fourth-order valence-electron chi connectivity index (χ4n) is 2.99. The van der Waals surface area contributed by atoms with Crippen molar-refractivity contribution in [3.8, 4) is 11.1 Å². The van der Waals surface area contributed by atoms with Gasteiger partial charge < -0.3 is 5.32 Å². The minimum atomic E-state index is -4.37. The van der Waals surface area contributed by atoms with Crippen molar-refractivity contribution >= 4 is 17.0 Å². The van der Waals surface area contributed by atoms with E-state index in [-0.39, 0.29) is 5.69 Å². The second kappa shape index (κ2) is 6.56. The molecule has 8 heteroatoms. The van der Waals surface area contributed by atoms with Crippen LogP contribution in [-0.4, -0.2) is 14.2 Å². The number of nitrogens with zero attached hydrogens (tertiary/aromatic N) is 3. The van der Waals surface area contributed by atoms with Gasteiger partial charge in [-0.25, -0.2) is 9.48 Å². The molecule has 5 nitrogen and oxygen atoms in total. The lowest BCUT2D eigenvalue weighted by Crippen LogP contribution is -2.17. The number of pyridine rings is 1. The lowest BCUT2D eigenvalue weighted by molar-refractivity contribution is -0.137. The Balaban J connectivity index is 1.70. The molecule has 0 fully saturated rings. The van der Waals surface area contributed by atoms with Crippen molar-refractivity contribution in [2.75, 3.05) is 5.32 Å². The van der Waals surface area contributed by atoms with Gasteiger partial charge in [0.2, 0.25) is 0 Å². The number of aromatic nitrogens is 3. The number of nitrogens with one attached hydrogen (secondary N) is 1. The van der Waals surface area contributed by atoms with E-state index in [2.05, 4.69) is 10.4 Å². The van der Waals surface area contributed by atoms with Crippen LogP contribution in [0.1, 0.15) is 5.56 Å². The Hall–Kier alpha value is -3.55. The maximum Gasteiger partial charge on any atom is 0.416 e. The predicted octanol–water partition coefficient (Wildman–Crippen LogP) is 4.46. The van der Waals surface area contributed by atoms with E-state index >= 15 is 0 Å². The van der Waals surface area contributed by atoms with E-state index in [1.54, 1.807) is 25.4 Å². The minimum absolute atomic E-state index is 0.238. The number of benzene rings is 2. The van der Waals surface area contributed by atoms with Gasteiger partial charge in [-0.3, -0.25) is 4.40 Å². The highest BCUT2D eigenvalue weighted by molar-refractivity contribution is 5.82. The first-order valence-electron chi connectivity index (χ1n) is 8.42. The van der Waals surface area contributed by atoms with Crippen LogP contribution < -0.4 is 11.0 Å². The summed E-state index contributed by atoms with van der Waals surface area (Å²) < 4.78 is 40.9. The fourth-order valence-corrected chi connectivity index (χ4v) is 2.99. The maximum atomic E-state index is 12.7. The smallest absolute Gasteiger partial charge is 0.355 e. The Morgan fingerprint density at radius 2 is 1.71 bits per heavy atom. The molecule has 0 amide bonds. The molecule has 4 rings (SSSR count). The van der Waals surface area contributed by atoms with Gasteiger partial charge in [0.1, 0.15) is 0 Å². The van der Waals surface area contributed by atoms with Crippen molar-refractivity contribution in [1.29, 1.82) is 0 Å². The molecule has 2 aromatic carbocycles. The summed E-state index contributed by atoms with van der Waals surface area (Å²) in [5.41, 5.74) is 2.50. The molecule has 142 valence electrons. The zero-order valence-corrected chi connectivity index (χ0v) is 14.7. The number of halogens is 3.